The van der Waals surface area contributed by atoms with Crippen molar-refractivity contribution in [2.45, 2.75) is 6.42 Å². The molecule has 0 atom stereocenters. The van der Waals surface area contributed by atoms with Crippen LogP contribution < -0.4 is 40.4 Å². The predicted octanol–water partition coefficient (Wildman–Crippen LogP) is -4.66. The number of hydrogen-bond donors (Lipinski definition) is 3. The zero-order valence-electron chi connectivity index (χ0n) is 7.82. The van der Waals surface area contributed by atoms with Crippen molar-refractivity contribution in [2.24, 2.45) is 0 Å². The molecule has 9 heteroatoms. The Morgan fingerprint density at radius 3 is 2.50 bits per heavy atom. The van der Waals surface area contributed by atoms with Gasteiger partial charge in [-0.3, -0.25) is 0 Å². The van der Waals surface area contributed by atoms with Gasteiger partial charge in [-0.1, -0.05) is 12.2 Å². The predicted molar refractivity (Wildman–Crippen MR) is 50.0 cm³/mol. The van der Waals surface area contributed by atoms with Crippen molar-refractivity contribution in [1.82, 2.24) is 10.9 Å². The summed E-state index contributed by atoms with van der Waals surface area (Å²) in [5.41, 5.74) is 5.01. The summed E-state index contributed by atoms with van der Waals surface area (Å²) in [4.78, 5) is 0.230. The Labute approximate surface area is 110 Å². The molecule has 0 saturated heterocycles. The van der Waals surface area contributed by atoms with Gasteiger partial charge in [-0.25, -0.2) is 13.8 Å². The summed E-state index contributed by atoms with van der Waals surface area (Å²) in [6.07, 6.45) is -0.0143. The van der Waals surface area contributed by atoms with Crippen molar-refractivity contribution in [2.75, 3.05) is 18.9 Å². The van der Waals surface area contributed by atoms with Gasteiger partial charge in [0.05, 0.1) is 21.7 Å². The van der Waals surface area contributed by atoms with E-state index in [0.29, 0.717) is 6.54 Å². The molecule has 0 radical (unpaired) electrons. The average molecular weight is 250 g/mol. The van der Waals surface area contributed by atoms with E-state index in [-0.39, 0.29) is 47.6 Å². The van der Waals surface area contributed by atoms with Crippen molar-refractivity contribution in [1.29, 1.82) is 0 Å². The van der Waals surface area contributed by atoms with Crippen molar-refractivity contribution in [3.8, 4) is 0 Å². The monoisotopic (exact) mass is 250 g/mol. The van der Waals surface area contributed by atoms with E-state index in [1.54, 1.807) is 0 Å². The molecule has 0 saturated carbocycles. The fourth-order valence-corrected chi connectivity index (χ4v) is 1.25. The first-order valence-electron chi connectivity index (χ1n) is 3.52. The van der Waals surface area contributed by atoms with Crippen LogP contribution >= 0.6 is 12.2 Å². The summed E-state index contributed by atoms with van der Waals surface area (Å²) in [7, 11) is -4.20. The Morgan fingerprint density at radius 1 is 1.50 bits per heavy atom. The number of rotatable bonds is 6. The van der Waals surface area contributed by atoms with Gasteiger partial charge >= 0.3 is 29.6 Å². The molecule has 0 aromatic rings. The summed E-state index contributed by atoms with van der Waals surface area (Å²) in [5.74, 6) is -0.514. The minimum atomic E-state index is -4.20. The minimum Gasteiger partial charge on any atom is -0.748 e. The van der Waals surface area contributed by atoms with E-state index in [9.17, 15) is 13.0 Å². The largest absolute Gasteiger partial charge is 1.00 e. The molecule has 0 fully saturated rings. The van der Waals surface area contributed by atoms with E-state index in [1.165, 1.54) is 0 Å². The Morgan fingerprint density at radius 2 is 2.07 bits per heavy atom. The SMILES string of the molecule is O=S(=O)([O-])CCC(=S)NNCCO.[Na+]. The molecule has 0 spiro atoms. The van der Waals surface area contributed by atoms with Crippen molar-refractivity contribution < 1.29 is 47.6 Å². The van der Waals surface area contributed by atoms with E-state index in [0.717, 1.165) is 0 Å². The second-order valence-corrected chi connectivity index (χ2v) is 4.23. The van der Waals surface area contributed by atoms with Crippen LogP contribution in [-0.4, -0.2) is 42.0 Å². The maximum atomic E-state index is 10.2. The van der Waals surface area contributed by atoms with Gasteiger partial charge in [-0.2, -0.15) is 0 Å². The number of hydrazine groups is 1. The molecule has 0 aliphatic carbocycles. The van der Waals surface area contributed by atoms with E-state index < -0.39 is 15.9 Å². The third kappa shape index (κ3) is 12.7. The van der Waals surface area contributed by atoms with E-state index in [1.807, 2.05) is 0 Å². The smallest absolute Gasteiger partial charge is 0.748 e. The number of aliphatic hydroxyl groups excluding tert-OH is 1. The molecule has 0 amide bonds. The van der Waals surface area contributed by atoms with Gasteiger partial charge < -0.3 is 15.1 Å². The van der Waals surface area contributed by atoms with Gasteiger partial charge in [0.1, 0.15) is 0 Å². The molecule has 6 nitrogen and oxygen atoms in total. The molecule has 0 bridgehead atoms. The molecule has 0 rings (SSSR count). The summed E-state index contributed by atoms with van der Waals surface area (Å²) < 4.78 is 30.5. The van der Waals surface area contributed by atoms with Crippen LogP contribution in [0.15, 0.2) is 0 Å². The molecule has 78 valence electrons. The maximum absolute atomic E-state index is 10.2. The quantitative estimate of drug-likeness (QED) is 0.143. The standard InChI is InChI=1S/C5H12N2O4S2.Na/c8-3-2-6-7-5(12)1-4-13(9,10)11;/h6,8H,1-4H2,(H,7,12)(H,9,10,11);/q;+1/p-1. The molecule has 0 aromatic heterocycles. The van der Waals surface area contributed by atoms with Gasteiger partial charge in [0, 0.05) is 18.7 Å². The molecular weight excluding hydrogens is 239 g/mol. The van der Waals surface area contributed by atoms with E-state index >= 15 is 0 Å². The first kappa shape index (κ1) is 17.1. The third-order valence-corrected chi connectivity index (χ3v) is 2.05. The van der Waals surface area contributed by atoms with E-state index in [4.69, 9.17) is 5.11 Å². The fourth-order valence-electron chi connectivity index (χ4n) is 0.497. The Kier molecular flexibility index (Phi) is 11.0. The summed E-state index contributed by atoms with van der Waals surface area (Å²) in [6, 6.07) is 0. The zero-order valence-corrected chi connectivity index (χ0v) is 11.4. The third-order valence-electron chi connectivity index (χ3n) is 1.04. The Bertz CT molecular complexity index is 256. The summed E-state index contributed by atoms with van der Waals surface area (Å²) in [6.45, 7) is 0.236. The van der Waals surface area contributed by atoms with Crippen LogP contribution in [0, 0.1) is 0 Å². The molecule has 14 heavy (non-hydrogen) atoms. The fraction of sp³-hybridized carbons (Fsp3) is 0.800. The molecule has 0 aromatic carbocycles. The number of hydrogen-bond acceptors (Lipinski definition) is 6. The second-order valence-electron chi connectivity index (χ2n) is 2.21. The van der Waals surface area contributed by atoms with Crippen LogP contribution in [0.25, 0.3) is 0 Å². The van der Waals surface area contributed by atoms with Crippen LogP contribution in [0.4, 0.5) is 0 Å². The number of aliphatic hydroxyl groups is 1. The van der Waals surface area contributed by atoms with Crippen molar-refractivity contribution >= 4 is 27.3 Å². The number of thiocarbonyl (C=S) groups is 1. The minimum absolute atomic E-state index is 0. The molecular formula is C5H11N2NaO4S2. The molecule has 0 aliphatic heterocycles. The van der Waals surface area contributed by atoms with Crippen LogP contribution in [-0.2, 0) is 10.1 Å². The van der Waals surface area contributed by atoms with Gasteiger partial charge in [0.25, 0.3) is 0 Å². The van der Waals surface area contributed by atoms with Crippen LogP contribution in [0.5, 0.6) is 0 Å². The van der Waals surface area contributed by atoms with E-state index in [2.05, 4.69) is 23.1 Å². The Hall–Kier alpha value is 0.720. The van der Waals surface area contributed by atoms with Crippen LogP contribution in [0.3, 0.4) is 0 Å². The molecule has 3 N–H and O–H groups in total. The van der Waals surface area contributed by atoms with Crippen molar-refractivity contribution in [3.63, 3.8) is 0 Å². The summed E-state index contributed by atoms with van der Waals surface area (Å²) in [5, 5.41) is 8.35. The molecule has 0 heterocycles. The van der Waals surface area contributed by atoms with Crippen molar-refractivity contribution in [3.05, 3.63) is 0 Å². The second kappa shape index (κ2) is 8.98. The maximum Gasteiger partial charge on any atom is 1.00 e. The van der Waals surface area contributed by atoms with Gasteiger partial charge in [-0.15, -0.1) is 0 Å². The number of nitrogens with one attached hydrogen (secondary N) is 2. The van der Waals surface area contributed by atoms with Gasteiger partial charge in [0.2, 0.25) is 0 Å². The first-order chi connectivity index (χ1) is 5.95. The normalized spacial score (nSPS) is 10.4. The summed E-state index contributed by atoms with van der Waals surface area (Å²) >= 11 is 4.68. The molecule has 0 unspecified atom stereocenters. The first-order valence-corrected chi connectivity index (χ1v) is 5.50. The van der Waals surface area contributed by atoms with Gasteiger partial charge in [-0.05, 0) is 0 Å². The topological polar surface area (TPSA) is 101 Å². The van der Waals surface area contributed by atoms with Crippen LogP contribution in [0.1, 0.15) is 6.42 Å². The Balaban J connectivity index is 0. The average Bonchev–Trinajstić information content (AvgIpc) is 2.00. The zero-order chi connectivity index (χ0) is 10.3. The van der Waals surface area contributed by atoms with Gasteiger partial charge in [0.15, 0.2) is 0 Å². The van der Waals surface area contributed by atoms with Crippen LogP contribution in [0.2, 0.25) is 0 Å². The molecule has 0 aliphatic rings.